The number of rotatable bonds is 4. The normalized spacial score (nSPS) is 15.6. The van der Waals surface area contributed by atoms with Crippen LogP contribution in [-0.2, 0) is 4.74 Å². The molecule has 12 heteroatoms. The Bertz CT molecular complexity index is 1020. The number of alkyl halides is 3. The van der Waals surface area contributed by atoms with Crippen molar-refractivity contribution in [3.8, 4) is 17.0 Å². The predicted molar refractivity (Wildman–Crippen MR) is 129 cm³/mol. The van der Waals surface area contributed by atoms with E-state index in [0.29, 0.717) is 46.0 Å². The number of amides is 1. The molecule has 33 heavy (non-hydrogen) atoms. The molecule has 0 saturated carbocycles. The van der Waals surface area contributed by atoms with Crippen LogP contribution >= 0.6 is 50.6 Å². The molecule has 1 aliphatic heterocycles. The zero-order valence-electron chi connectivity index (χ0n) is 18.4. The Kier molecular flexibility index (Phi) is 8.18. The molecular formula is C21H23BrClF3N2O3S2. The van der Waals surface area contributed by atoms with Crippen LogP contribution in [0.1, 0.15) is 44.5 Å². The number of carbonyl (C=O) groups is 1. The van der Waals surface area contributed by atoms with Crippen molar-refractivity contribution < 1.29 is 27.4 Å². The molecule has 1 aliphatic rings. The van der Waals surface area contributed by atoms with Crippen LogP contribution in [0.15, 0.2) is 21.5 Å². The maximum absolute atomic E-state index is 13.0. The Hall–Kier alpha value is -1.17. The van der Waals surface area contributed by atoms with E-state index in [1.54, 1.807) is 11.0 Å². The maximum atomic E-state index is 13.0. The number of hydrogen-bond acceptors (Lipinski definition) is 6. The van der Waals surface area contributed by atoms with Gasteiger partial charge in [-0.3, -0.25) is 0 Å². The lowest BCUT2D eigenvalue weighted by Crippen LogP contribution is -2.41. The zero-order chi connectivity index (χ0) is 24.6. The van der Waals surface area contributed by atoms with E-state index in [9.17, 15) is 18.0 Å². The molecule has 0 aliphatic carbocycles. The number of benzene rings is 1. The van der Waals surface area contributed by atoms with Gasteiger partial charge in [-0.2, -0.15) is 13.2 Å². The summed E-state index contributed by atoms with van der Waals surface area (Å²) in [6.45, 7) is 6.55. The van der Waals surface area contributed by atoms with E-state index in [0.717, 1.165) is 5.01 Å². The second kappa shape index (κ2) is 10.2. The molecule has 0 atom stereocenters. The first-order valence-corrected chi connectivity index (χ1v) is 12.9. The highest BCUT2D eigenvalue weighted by molar-refractivity contribution is 9.10. The van der Waals surface area contributed by atoms with Crippen LogP contribution < -0.4 is 4.74 Å². The molecule has 0 radical (unpaired) electrons. The van der Waals surface area contributed by atoms with E-state index in [1.807, 2.05) is 20.8 Å². The van der Waals surface area contributed by atoms with Gasteiger partial charge in [0, 0.05) is 24.6 Å². The first kappa shape index (κ1) is 26.4. The topological polar surface area (TPSA) is 51.7 Å². The average molecular weight is 588 g/mol. The van der Waals surface area contributed by atoms with Crippen molar-refractivity contribution >= 4 is 56.7 Å². The lowest BCUT2D eigenvalue weighted by molar-refractivity contribution is -0.0329. The van der Waals surface area contributed by atoms with Crippen molar-refractivity contribution in [3.63, 3.8) is 0 Å². The van der Waals surface area contributed by atoms with E-state index < -0.39 is 11.1 Å². The summed E-state index contributed by atoms with van der Waals surface area (Å²) in [5.41, 5.74) is -4.13. The number of carbonyl (C=O) groups excluding carboxylic acids is 1. The van der Waals surface area contributed by atoms with Gasteiger partial charge in [-0.1, -0.05) is 11.6 Å². The third-order valence-corrected chi connectivity index (χ3v) is 7.57. The number of piperidine rings is 1. The van der Waals surface area contributed by atoms with Gasteiger partial charge in [-0.25, -0.2) is 9.78 Å². The Morgan fingerprint density at radius 2 is 1.91 bits per heavy atom. The van der Waals surface area contributed by atoms with Crippen molar-refractivity contribution in [3.05, 3.63) is 25.9 Å². The third-order valence-electron chi connectivity index (χ3n) is 4.81. The van der Waals surface area contributed by atoms with Crippen molar-refractivity contribution in [2.75, 3.05) is 20.2 Å². The molecule has 1 amide bonds. The molecule has 2 aromatic rings. The molecule has 0 spiro atoms. The standard InChI is InChI=1S/C21H23BrClF3N2O3S2/c1-20(2,3)31-19(29)28-7-5-11(6-8-28)18-27-15(17(23)32-18)12-9-13(22)16(30-4)14(10-12)33-21(24,25)26/h9-11H,5-8H2,1-4H3. The molecule has 1 saturated heterocycles. The second-order valence-electron chi connectivity index (χ2n) is 8.45. The molecule has 0 bridgehead atoms. The average Bonchev–Trinajstić information content (AvgIpc) is 3.07. The number of thioether (sulfide) groups is 1. The van der Waals surface area contributed by atoms with Crippen LogP contribution in [0.2, 0.25) is 4.34 Å². The highest BCUT2D eigenvalue weighted by atomic mass is 79.9. The van der Waals surface area contributed by atoms with Crippen LogP contribution in [0.25, 0.3) is 11.3 Å². The Morgan fingerprint density at radius 3 is 2.45 bits per heavy atom. The fourth-order valence-electron chi connectivity index (χ4n) is 3.41. The largest absolute Gasteiger partial charge is 0.494 e. The second-order valence-corrected chi connectivity index (χ2v) is 12.0. The van der Waals surface area contributed by atoms with Crippen LogP contribution in [0.3, 0.4) is 0 Å². The fraction of sp³-hybridized carbons (Fsp3) is 0.524. The number of halogens is 5. The number of hydrogen-bond donors (Lipinski definition) is 0. The van der Waals surface area contributed by atoms with Gasteiger partial charge in [0.2, 0.25) is 0 Å². The summed E-state index contributed by atoms with van der Waals surface area (Å²) in [5, 5.41) is 0.802. The van der Waals surface area contributed by atoms with Gasteiger partial charge in [0.25, 0.3) is 0 Å². The summed E-state index contributed by atoms with van der Waals surface area (Å²) in [7, 11) is 1.32. The monoisotopic (exact) mass is 586 g/mol. The smallest absolute Gasteiger partial charge is 0.446 e. The number of nitrogens with zero attached hydrogens (tertiary/aromatic N) is 2. The van der Waals surface area contributed by atoms with Gasteiger partial charge in [0.15, 0.2) is 0 Å². The Balaban J connectivity index is 1.79. The van der Waals surface area contributed by atoms with E-state index in [-0.39, 0.29) is 34.4 Å². The first-order valence-electron chi connectivity index (χ1n) is 10.0. The maximum Gasteiger partial charge on any atom is 0.446 e. The summed E-state index contributed by atoms with van der Waals surface area (Å²) in [6.07, 6.45) is 1.06. The highest BCUT2D eigenvalue weighted by Crippen LogP contribution is 2.47. The van der Waals surface area contributed by atoms with Gasteiger partial charge in [0.1, 0.15) is 21.4 Å². The van der Waals surface area contributed by atoms with Crippen LogP contribution in [0.5, 0.6) is 5.75 Å². The SMILES string of the molecule is COc1c(Br)cc(-c2nc(C3CCN(C(=O)OC(C)(C)C)CC3)sc2Cl)cc1SC(F)(F)F. The molecule has 182 valence electrons. The lowest BCUT2D eigenvalue weighted by Gasteiger charge is -2.32. The van der Waals surface area contributed by atoms with Crippen LogP contribution in [0, 0.1) is 0 Å². The van der Waals surface area contributed by atoms with Crippen molar-refractivity contribution in [2.45, 2.75) is 55.5 Å². The summed E-state index contributed by atoms with van der Waals surface area (Å²) >= 11 is 10.8. The molecule has 5 nitrogen and oxygen atoms in total. The minimum absolute atomic E-state index is 0.0781. The van der Waals surface area contributed by atoms with Crippen LogP contribution in [-0.4, -0.2) is 47.3 Å². The molecule has 1 aromatic heterocycles. The van der Waals surface area contributed by atoms with E-state index >= 15 is 0 Å². The zero-order valence-corrected chi connectivity index (χ0v) is 22.4. The van der Waals surface area contributed by atoms with Gasteiger partial charge >= 0.3 is 11.6 Å². The van der Waals surface area contributed by atoms with Gasteiger partial charge in [-0.15, -0.1) is 11.3 Å². The summed E-state index contributed by atoms with van der Waals surface area (Å²) in [5.74, 6) is 0.202. The minimum atomic E-state index is -4.47. The molecular weight excluding hydrogens is 565 g/mol. The van der Waals surface area contributed by atoms with Crippen molar-refractivity contribution in [2.24, 2.45) is 0 Å². The quantitative estimate of drug-likeness (QED) is 0.340. The summed E-state index contributed by atoms with van der Waals surface area (Å²) in [4.78, 5) is 18.6. The Morgan fingerprint density at radius 1 is 1.27 bits per heavy atom. The number of aromatic nitrogens is 1. The molecule has 1 aromatic carbocycles. The number of likely N-dealkylation sites (tertiary alicyclic amines) is 1. The van der Waals surface area contributed by atoms with Gasteiger partial charge < -0.3 is 14.4 Å². The van der Waals surface area contributed by atoms with Crippen molar-refractivity contribution in [1.82, 2.24) is 9.88 Å². The number of methoxy groups -OCH3 is 1. The van der Waals surface area contributed by atoms with E-state index in [1.165, 1.54) is 24.5 Å². The van der Waals surface area contributed by atoms with Crippen molar-refractivity contribution in [1.29, 1.82) is 0 Å². The molecule has 0 unspecified atom stereocenters. The highest BCUT2D eigenvalue weighted by Gasteiger charge is 2.33. The first-order chi connectivity index (χ1) is 15.3. The predicted octanol–water partition coefficient (Wildman–Crippen LogP) is 7.96. The molecule has 3 rings (SSSR count). The number of thiazole rings is 1. The minimum Gasteiger partial charge on any atom is -0.494 e. The van der Waals surface area contributed by atoms with Gasteiger partial charge in [-0.05, 0) is 73.4 Å². The molecule has 1 fully saturated rings. The van der Waals surface area contributed by atoms with E-state index in [4.69, 9.17) is 21.1 Å². The lowest BCUT2D eigenvalue weighted by atomic mass is 9.98. The summed E-state index contributed by atoms with van der Waals surface area (Å²) < 4.78 is 50.5. The number of ether oxygens (including phenoxy) is 2. The molecule has 0 N–H and O–H groups in total. The van der Waals surface area contributed by atoms with Crippen LogP contribution in [0.4, 0.5) is 18.0 Å². The van der Waals surface area contributed by atoms with Gasteiger partial charge in [0.05, 0.1) is 21.5 Å². The Labute approximate surface area is 212 Å². The third kappa shape index (κ3) is 6.93. The molecule has 2 heterocycles. The summed E-state index contributed by atoms with van der Waals surface area (Å²) in [6, 6.07) is 3.03. The fourth-order valence-corrected chi connectivity index (χ4v) is 6.25. The van der Waals surface area contributed by atoms with E-state index in [2.05, 4.69) is 20.9 Å².